The standard InChI is InChI=1S/C29H19N5O3/c35-28(19-11-13-31-26-18(19)10-12-30-26)34-25-17-5-2-1-4-16(17)24-20(25)6-3-7-21(24)27-32-22-9-8-15(29(36)37)14-23(22)33-27/h1-14,25H,(H,30,31)(H,32,33)(H,34,35)(H,36,37). The Morgan fingerprint density at radius 2 is 1.76 bits per heavy atom. The molecule has 4 N–H and O–H groups in total. The molecule has 0 spiro atoms. The van der Waals surface area contributed by atoms with Crippen molar-refractivity contribution in [2.24, 2.45) is 0 Å². The third-order valence-electron chi connectivity index (χ3n) is 6.91. The lowest BCUT2D eigenvalue weighted by Gasteiger charge is -2.16. The maximum absolute atomic E-state index is 13.5. The van der Waals surface area contributed by atoms with Gasteiger partial charge in [-0.25, -0.2) is 14.8 Å². The molecule has 3 heterocycles. The second-order valence-corrected chi connectivity index (χ2v) is 8.98. The second-order valence-electron chi connectivity index (χ2n) is 8.98. The van der Waals surface area contributed by atoms with Gasteiger partial charge in [-0.15, -0.1) is 0 Å². The number of carbonyl (C=O) groups is 2. The van der Waals surface area contributed by atoms with Crippen LogP contribution >= 0.6 is 0 Å². The van der Waals surface area contributed by atoms with Gasteiger partial charge in [-0.2, -0.15) is 0 Å². The van der Waals surface area contributed by atoms with Crippen molar-refractivity contribution in [3.8, 4) is 22.5 Å². The molecule has 37 heavy (non-hydrogen) atoms. The minimum Gasteiger partial charge on any atom is -0.478 e. The third-order valence-corrected chi connectivity index (χ3v) is 6.91. The number of aromatic amines is 2. The Hall–Kier alpha value is -5.24. The topological polar surface area (TPSA) is 124 Å². The molecule has 7 rings (SSSR count). The number of aromatic nitrogens is 4. The zero-order chi connectivity index (χ0) is 25.1. The lowest BCUT2D eigenvalue weighted by atomic mass is 9.98. The van der Waals surface area contributed by atoms with Gasteiger partial charge in [0.2, 0.25) is 0 Å². The van der Waals surface area contributed by atoms with E-state index in [4.69, 9.17) is 4.98 Å². The summed E-state index contributed by atoms with van der Waals surface area (Å²) in [5.74, 6) is -0.536. The molecule has 1 amide bonds. The molecule has 3 aromatic heterocycles. The predicted molar refractivity (Wildman–Crippen MR) is 139 cm³/mol. The van der Waals surface area contributed by atoms with Crippen molar-refractivity contribution < 1.29 is 14.7 Å². The molecule has 1 aliphatic carbocycles. The molecule has 0 aliphatic heterocycles. The van der Waals surface area contributed by atoms with Crippen LogP contribution in [-0.4, -0.2) is 36.9 Å². The molecular formula is C29H19N5O3. The van der Waals surface area contributed by atoms with Gasteiger partial charge in [0.15, 0.2) is 0 Å². The number of hydrogen-bond acceptors (Lipinski definition) is 4. The Kier molecular flexibility index (Phi) is 4.49. The van der Waals surface area contributed by atoms with Gasteiger partial charge in [0.1, 0.15) is 11.5 Å². The molecule has 8 nitrogen and oxygen atoms in total. The maximum Gasteiger partial charge on any atom is 0.335 e. The summed E-state index contributed by atoms with van der Waals surface area (Å²) in [5, 5.41) is 13.4. The summed E-state index contributed by atoms with van der Waals surface area (Å²) in [6.45, 7) is 0. The van der Waals surface area contributed by atoms with Crippen molar-refractivity contribution in [1.82, 2.24) is 25.3 Å². The molecule has 178 valence electrons. The summed E-state index contributed by atoms with van der Waals surface area (Å²) < 4.78 is 0. The average molecular weight is 486 g/mol. The quantitative estimate of drug-likeness (QED) is 0.270. The number of hydrogen-bond donors (Lipinski definition) is 4. The van der Waals surface area contributed by atoms with Crippen LogP contribution in [0, 0.1) is 0 Å². The number of fused-ring (bicyclic) bond motifs is 5. The fourth-order valence-electron chi connectivity index (χ4n) is 5.25. The van der Waals surface area contributed by atoms with E-state index in [1.807, 2.05) is 48.5 Å². The van der Waals surface area contributed by atoms with Crippen molar-refractivity contribution in [1.29, 1.82) is 0 Å². The number of imidazole rings is 1. The number of nitrogens with zero attached hydrogens (tertiary/aromatic N) is 2. The number of carboxylic acids is 1. The number of rotatable bonds is 4. The number of pyridine rings is 1. The SMILES string of the molecule is O=C(O)c1ccc2nc(-c3cccc4c3-c3ccccc3C4NC(=O)c3ccnc4[nH]ccc34)[nH]c2c1. The van der Waals surface area contributed by atoms with Crippen molar-refractivity contribution in [3.05, 3.63) is 107 Å². The first-order chi connectivity index (χ1) is 18.1. The summed E-state index contributed by atoms with van der Waals surface area (Å²) in [7, 11) is 0. The molecule has 1 unspecified atom stereocenters. The van der Waals surface area contributed by atoms with Crippen LogP contribution in [-0.2, 0) is 0 Å². The fraction of sp³-hybridized carbons (Fsp3) is 0.0345. The van der Waals surface area contributed by atoms with Gasteiger partial charge in [0.05, 0.1) is 28.2 Å². The summed E-state index contributed by atoms with van der Waals surface area (Å²) in [6.07, 6.45) is 3.40. The van der Waals surface area contributed by atoms with Gasteiger partial charge in [-0.3, -0.25) is 4.79 Å². The van der Waals surface area contributed by atoms with Crippen LogP contribution in [0.1, 0.15) is 37.9 Å². The van der Waals surface area contributed by atoms with Gasteiger partial charge in [-0.05, 0) is 52.6 Å². The van der Waals surface area contributed by atoms with Crippen molar-refractivity contribution >= 4 is 33.9 Å². The number of aromatic carboxylic acids is 1. The third kappa shape index (κ3) is 3.23. The van der Waals surface area contributed by atoms with Crippen LogP contribution in [0.25, 0.3) is 44.6 Å². The molecule has 3 aromatic carbocycles. The van der Waals surface area contributed by atoms with E-state index in [2.05, 4.69) is 20.3 Å². The van der Waals surface area contributed by atoms with E-state index in [-0.39, 0.29) is 17.5 Å². The first kappa shape index (κ1) is 21.1. The molecule has 0 bridgehead atoms. The molecule has 1 atom stereocenters. The number of amides is 1. The molecule has 8 heteroatoms. The highest BCUT2D eigenvalue weighted by Gasteiger charge is 2.32. The number of carboxylic acid groups (broad SMARTS) is 1. The van der Waals surface area contributed by atoms with Crippen LogP contribution in [0.4, 0.5) is 0 Å². The number of carbonyl (C=O) groups excluding carboxylic acids is 1. The molecular weight excluding hydrogens is 466 g/mol. The van der Waals surface area contributed by atoms with E-state index in [1.54, 1.807) is 36.7 Å². The minimum absolute atomic E-state index is 0.185. The zero-order valence-corrected chi connectivity index (χ0v) is 19.3. The largest absolute Gasteiger partial charge is 0.478 e. The van der Waals surface area contributed by atoms with Gasteiger partial charge in [0, 0.05) is 23.3 Å². The Morgan fingerprint density at radius 1 is 0.919 bits per heavy atom. The lowest BCUT2D eigenvalue weighted by Crippen LogP contribution is -2.28. The fourth-order valence-corrected chi connectivity index (χ4v) is 5.25. The van der Waals surface area contributed by atoms with E-state index < -0.39 is 5.97 Å². The Bertz CT molecular complexity index is 1880. The minimum atomic E-state index is -0.989. The van der Waals surface area contributed by atoms with Crippen LogP contribution in [0.5, 0.6) is 0 Å². The van der Waals surface area contributed by atoms with E-state index in [9.17, 15) is 14.7 Å². The van der Waals surface area contributed by atoms with Crippen LogP contribution in [0.3, 0.4) is 0 Å². The summed E-state index contributed by atoms with van der Waals surface area (Å²) in [4.78, 5) is 40.3. The zero-order valence-electron chi connectivity index (χ0n) is 19.3. The lowest BCUT2D eigenvalue weighted by molar-refractivity contribution is 0.0696. The molecule has 0 saturated heterocycles. The number of benzene rings is 3. The average Bonchev–Trinajstić information content (AvgIpc) is 3.64. The monoisotopic (exact) mass is 485 g/mol. The molecule has 1 aliphatic rings. The molecule has 0 saturated carbocycles. The smallest absolute Gasteiger partial charge is 0.335 e. The highest BCUT2D eigenvalue weighted by molar-refractivity contribution is 6.06. The van der Waals surface area contributed by atoms with Crippen LogP contribution < -0.4 is 5.32 Å². The summed E-state index contributed by atoms with van der Waals surface area (Å²) in [6, 6.07) is 22.1. The Morgan fingerprint density at radius 3 is 2.65 bits per heavy atom. The van der Waals surface area contributed by atoms with Crippen molar-refractivity contribution in [2.45, 2.75) is 6.04 Å². The predicted octanol–water partition coefficient (Wildman–Crippen LogP) is 5.30. The Labute approximate surface area is 210 Å². The van der Waals surface area contributed by atoms with E-state index in [1.165, 1.54) is 0 Å². The number of H-pyrrole nitrogens is 2. The first-order valence-electron chi connectivity index (χ1n) is 11.8. The van der Waals surface area contributed by atoms with E-state index in [0.29, 0.717) is 28.1 Å². The van der Waals surface area contributed by atoms with Crippen LogP contribution in [0.2, 0.25) is 0 Å². The Balaban J connectivity index is 1.34. The first-order valence-corrected chi connectivity index (χ1v) is 11.8. The van der Waals surface area contributed by atoms with Crippen molar-refractivity contribution in [2.75, 3.05) is 0 Å². The molecule has 0 radical (unpaired) electrons. The van der Waals surface area contributed by atoms with Gasteiger partial charge >= 0.3 is 5.97 Å². The normalized spacial score (nSPS) is 14.0. The maximum atomic E-state index is 13.5. The van der Waals surface area contributed by atoms with Gasteiger partial charge in [0.25, 0.3) is 5.91 Å². The van der Waals surface area contributed by atoms with Gasteiger partial charge < -0.3 is 20.4 Å². The van der Waals surface area contributed by atoms with Crippen LogP contribution in [0.15, 0.2) is 85.2 Å². The van der Waals surface area contributed by atoms with Crippen molar-refractivity contribution in [3.63, 3.8) is 0 Å². The summed E-state index contributed by atoms with van der Waals surface area (Å²) in [5.41, 5.74) is 7.61. The highest BCUT2D eigenvalue weighted by Crippen LogP contribution is 2.47. The van der Waals surface area contributed by atoms with E-state index in [0.717, 1.165) is 33.2 Å². The molecule has 6 aromatic rings. The second kappa shape index (κ2) is 7.89. The van der Waals surface area contributed by atoms with Gasteiger partial charge in [-0.1, -0.05) is 42.5 Å². The molecule has 0 fully saturated rings. The number of nitrogens with one attached hydrogen (secondary N) is 3. The summed E-state index contributed by atoms with van der Waals surface area (Å²) >= 11 is 0. The van der Waals surface area contributed by atoms with E-state index >= 15 is 0 Å². The highest BCUT2D eigenvalue weighted by atomic mass is 16.4.